The maximum absolute atomic E-state index is 13.1. The summed E-state index contributed by atoms with van der Waals surface area (Å²) in [6.07, 6.45) is 2.31. The molecule has 2 unspecified atom stereocenters. The summed E-state index contributed by atoms with van der Waals surface area (Å²) in [5.74, 6) is 0.563. The number of anilines is 1. The zero-order chi connectivity index (χ0) is 10.3. The van der Waals surface area contributed by atoms with Gasteiger partial charge in [-0.3, -0.25) is 0 Å². The fourth-order valence-electron chi connectivity index (χ4n) is 2.67. The standard InChI is InChI=1S/C12H15FN2/c13-10-2-1-8-5-9-3-4-14-7-12(9)15-11(8)6-10/h1-2,6,9,12,14-15H,3-5,7H2. The van der Waals surface area contributed by atoms with E-state index >= 15 is 0 Å². The van der Waals surface area contributed by atoms with E-state index in [9.17, 15) is 4.39 Å². The van der Waals surface area contributed by atoms with Crippen LogP contribution in [0, 0.1) is 11.7 Å². The lowest BCUT2D eigenvalue weighted by atomic mass is 9.83. The van der Waals surface area contributed by atoms with E-state index in [0.717, 1.165) is 25.2 Å². The Morgan fingerprint density at radius 3 is 3.20 bits per heavy atom. The van der Waals surface area contributed by atoms with Gasteiger partial charge in [0.15, 0.2) is 0 Å². The van der Waals surface area contributed by atoms with Crippen LogP contribution in [0.4, 0.5) is 10.1 Å². The summed E-state index contributed by atoms with van der Waals surface area (Å²) in [6, 6.07) is 5.56. The SMILES string of the molecule is Fc1ccc2c(c1)NC1CNCCC1C2. The Morgan fingerprint density at radius 2 is 2.27 bits per heavy atom. The van der Waals surface area contributed by atoms with Crippen molar-refractivity contribution in [2.75, 3.05) is 18.4 Å². The van der Waals surface area contributed by atoms with E-state index in [0.29, 0.717) is 12.0 Å². The summed E-state index contributed by atoms with van der Waals surface area (Å²) in [7, 11) is 0. The molecule has 80 valence electrons. The number of rotatable bonds is 0. The molecule has 2 aliphatic heterocycles. The minimum Gasteiger partial charge on any atom is -0.380 e. The van der Waals surface area contributed by atoms with Gasteiger partial charge in [0.25, 0.3) is 0 Å². The largest absolute Gasteiger partial charge is 0.380 e. The van der Waals surface area contributed by atoms with E-state index in [1.807, 2.05) is 6.07 Å². The number of nitrogens with one attached hydrogen (secondary N) is 2. The molecule has 0 spiro atoms. The monoisotopic (exact) mass is 206 g/mol. The van der Waals surface area contributed by atoms with Gasteiger partial charge in [0.05, 0.1) is 0 Å². The van der Waals surface area contributed by atoms with Crippen molar-refractivity contribution in [3.63, 3.8) is 0 Å². The maximum Gasteiger partial charge on any atom is 0.125 e. The molecule has 0 amide bonds. The highest BCUT2D eigenvalue weighted by Crippen LogP contribution is 2.31. The summed E-state index contributed by atoms with van der Waals surface area (Å²) in [5.41, 5.74) is 2.25. The van der Waals surface area contributed by atoms with Crippen LogP contribution in [-0.4, -0.2) is 19.1 Å². The van der Waals surface area contributed by atoms with Gasteiger partial charge in [-0.15, -0.1) is 0 Å². The predicted molar refractivity (Wildman–Crippen MR) is 58.5 cm³/mol. The van der Waals surface area contributed by atoms with Crippen LogP contribution in [-0.2, 0) is 6.42 Å². The molecule has 2 atom stereocenters. The third kappa shape index (κ3) is 1.61. The molecule has 0 radical (unpaired) electrons. The molecule has 2 nitrogen and oxygen atoms in total. The van der Waals surface area contributed by atoms with Gasteiger partial charge in [-0.1, -0.05) is 6.07 Å². The molecule has 0 aliphatic carbocycles. The topological polar surface area (TPSA) is 24.1 Å². The minimum absolute atomic E-state index is 0.150. The van der Waals surface area contributed by atoms with Crippen LogP contribution in [0.15, 0.2) is 18.2 Å². The second kappa shape index (κ2) is 3.49. The van der Waals surface area contributed by atoms with Gasteiger partial charge >= 0.3 is 0 Å². The molecule has 1 saturated heterocycles. The Balaban J connectivity index is 1.92. The van der Waals surface area contributed by atoms with Crippen LogP contribution >= 0.6 is 0 Å². The Morgan fingerprint density at radius 1 is 1.33 bits per heavy atom. The van der Waals surface area contributed by atoms with E-state index in [4.69, 9.17) is 0 Å². The first kappa shape index (κ1) is 9.16. The molecule has 3 rings (SSSR count). The third-order valence-corrected chi connectivity index (χ3v) is 3.52. The van der Waals surface area contributed by atoms with Crippen LogP contribution in [0.5, 0.6) is 0 Å². The Bertz CT molecular complexity index is 378. The zero-order valence-electron chi connectivity index (χ0n) is 8.59. The molecule has 1 aromatic rings. The van der Waals surface area contributed by atoms with Crippen LogP contribution in [0.3, 0.4) is 0 Å². The van der Waals surface area contributed by atoms with Crippen molar-refractivity contribution in [1.29, 1.82) is 0 Å². The quantitative estimate of drug-likeness (QED) is 0.676. The molecular formula is C12H15FN2. The molecule has 1 aromatic carbocycles. The molecule has 0 aromatic heterocycles. The summed E-state index contributed by atoms with van der Waals surface area (Å²) < 4.78 is 13.1. The molecule has 1 fully saturated rings. The average molecular weight is 206 g/mol. The van der Waals surface area contributed by atoms with Crippen LogP contribution in [0.1, 0.15) is 12.0 Å². The number of hydrogen-bond donors (Lipinski definition) is 2. The van der Waals surface area contributed by atoms with Gasteiger partial charge in [0, 0.05) is 18.3 Å². The molecule has 2 N–H and O–H groups in total. The fraction of sp³-hybridized carbons (Fsp3) is 0.500. The van der Waals surface area contributed by atoms with Gasteiger partial charge in [-0.25, -0.2) is 4.39 Å². The normalized spacial score (nSPS) is 28.9. The lowest BCUT2D eigenvalue weighted by molar-refractivity contribution is 0.331. The number of piperidine rings is 1. The van der Waals surface area contributed by atoms with Crippen molar-refractivity contribution in [1.82, 2.24) is 5.32 Å². The van der Waals surface area contributed by atoms with Crippen molar-refractivity contribution < 1.29 is 4.39 Å². The summed E-state index contributed by atoms with van der Waals surface area (Å²) >= 11 is 0. The fourth-order valence-corrected chi connectivity index (χ4v) is 2.67. The van der Waals surface area contributed by atoms with E-state index in [1.165, 1.54) is 12.0 Å². The predicted octanol–water partition coefficient (Wildman–Crippen LogP) is 1.77. The van der Waals surface area contributed by atoms with Crippen LogP contribution < -0.4 is 10.6 Å². The molecule has 2 heterocycles. The van der Waals surface area contributed by atoms with Gasteiger partial charge < -0.3 is 10.6 Å². The Hall–Kier alpha value is -1.09. The molecule has 2 aliphatic rings. The highest BCUT2D eigenvalue weighted by Gasteiger charge is 2.29. The summed E-state index contributed by atoms with van der Waals surface area (Å²) in [4.78, 5) is 0. The van der Waals surface area contributed by atoms with E-state index in [2.05, 4.69) is 10.6 Å². The molecule has 0 saturated carbocycles. The number of fused-ring (bicyclic) bond motifs is 2. The first-order valence-corrected chi connectivity index (χ1v) is 5.58. The minimum atomic E-state index is -0.150. The van der Waals surface area contributed by atoms with Gasteiger partial charge in [0.1, 0.15) is 5.82 Å². The van der Waals surface area contributed by atoms with Crippen molar-refractivity contribution >= 4 is 5.69 Å². The highest BCUT2D eigenvalue weighted by molar-refractivity contribution is 5.54. The van der Waals surface area contributed by atoms with Crippen molar-refractivity contribution in [3.05, 3.63) is 29.6 Å². The molecular weight excluding hydrogens is 191 g/mol. The summed E-state index contributed by atoms with van der Waals surface area (Å²) in [5, 5.41) is 6.81. The summed E-state index contributed by atoms with van der Waals surface area (Å²) in [6.45, 7) is 2.11. The first-order valence-electron chi connectivity index (χ1n) is 5.58. The van der Waals surface area contributed by atoms with Crippen molar-refractivity contribution in [2.24, 2.45) is 5.92 Å². The van der Waals surface area contributed by atoms with E-state index in [1.54, 1.807) is 12.1 Å². The molecule has 3 heteroatoms. The molecule has 15 heavy (non-hydrogen) atoms. The number of hydrogen-bond acceptors (Lipinski definition) is 2. The van der Waals surface area contributed by atoms with Gasteiger partial charge in [-0.05, 0) is 43.0 Å². The van der Waals surface area contributed by atoms with Crippen LogP contribution in [0.2, 0.25) is 0 Å². The van der Waals surface area contributed by atoms with E-state index in [-0.39, 0.29) is 5.82 Å². The number of benzene rings is 1. The second-order valence-electron chi connectivity index (χ2n) is 4.51. The Labute approximate surface area is 88.9 Å². The van der Waals surface area contributed by atoms with Crippen molar-refractivity contribution in [2.45, 2.75) is 18.9 Å². The Kier molecular flexibility index (Phi) is 2.13. The lowest BCUT2D eigenvalue weighted by Crippen LogP contribution is -2.48. The van der Waals surface area contributed by atoms with Gasteiger partial charge in [-0.2, -0.15) is 0 Å². The smallest absolute Gasteiger partial charge is 0.125 e. The second-order valence-corrected chi connectivity index (χ2v) is 4.51. The zero-order valence-corrected chi connectivity index (χ0v) is 8.59. The third-order valence-electron chi connectivity index (χ3n) is 3.52. The first-order chi connectivity index (χ1) is 7.33. The van der Waals surface area contributed by atoms with Crippen molar-refractivity contribution in [3.8, 4) is 0 Å². The number of halogens is 1. The van der Waals surface area contributed by atoms with Gasteiger partial charge in [0.2, 0.25) is 0 Å². The highest BCUT2D eigenvalue weighted by atomic mass is 19.1. The lowest BCUT2D eigenvalue weighted by Gasteiger charge is -2.38. The maximum atomic E-state index is 13.1. The average Bonchev–Trinajstić information content (AvgIpc) is 2.26. The van der Waals surface area contributed by atoms with E-state index < -0.39 is 0 Å². The van der Waals surface area contributed by atoms with Crippen LogP contribution in [0.25, 0.3) is 0 Å². The molecule has 0 bridgehead atoms.